The Morgan fingerprint density at radius 3 is 2.45 bits per heavy atom. The number of amides is 2. The van der Waals surface area contributed by atoms with Crippen LogP contribution in [-0.2, 0) is 23.2 Å². The topological polar surface area (TPSA) is 85.4 Å². The van der Waals surface area contributed by atoms with Gasteiger partial charge in [-0.25, -0.2) is 9.59 Å². The molecule has 1 aliphatic heterocycles. The van der Waals surface area contributed by atoms with Gasteiger partial charge in [0.1, 0.15) is 6.04 Å². The molecule has 1 aromatic heterocycles. The largest absolute Gasteiger partial charge is 0.480 e. The van der Waals surface area contributed by atoms with Crippen molar-refractivity contribution in [3.8, 4) is 0 Å². The van der Waals surface area contributed by atoms with Gasteiger partial charge >= 0.3 is 12.0 Å². The summed E-state index contributed by atoms with van der Waals surface area (Å²) >= 11 is 0. The van der Waals surface area contributed by atoms with E-state index >= 15 is 0 Å². The molecule has 4 rings (SSSR count). The van der Waals surface area contributed by atoms with Gasteiger partial charge in [-0.15, -0.1) is 0 Å². The summed E-state index contributed by atoms with van der Waals surface area (Å²) in [6.45, 7) is 6.62. The van der Waals surface area contributed by atoms with Crippen LogP contribution in [0.5, 0.6) is 0 Å². The van der Waals surface area contributed by atoms with E-state index in [1.54, 1.807) is 0 Å². The zero-order valence-corrected chi connectivity index (χ0v) is 16.8. The van der Waals surface area contributed by atoms with Crippen LogP contribution in [0, 0.1) is 0 Å². The third-order valence-electron chi connectivity index (χ3n) is 5.55. The van der Waals surface area contributed by atoms with Gasteiger partial charge in [0.2, 0.25) is 0 Å². The highest BCUT2D eigenvalue weighted by molar-refractivity contribution is 5.94. The minimum absolute atomic E-state index is 0.0236. The highest BCUT2D eigenvalue weighted by Gasteiger charge is 2.36. The first-order valence-corrected chi connectivity index (χ1v) is 9.73. The molecule has 2 aromatic carbocycles. The van der Waals surface area contributed by atoms with Crippen molar-refractivity contribution in [2.75, 3.05) is 5.32 Å². The highest BCUT2D eigenvalue weighted by atomic mass is 16.4. The number of hydrogen-bond acceptors (Lipinski definition) is 2. The molecule has 6 heteroatoms. The van der Waals surface area contributed by atoms with Gasteiger partial charge in [-0.1, -0.05) is 51.1 Å². The third kappa shape index (κ3) is 3.58. The predicted molar refractivity (Wildman–Crippen MR) is 113 cm³/mol. The van der Waals surface area contributed by atoms with Gasteiger partial charge in [0.05, 0.1) is 6.54 Å². The maximum absolute atomic E-state index is 12.9. The highest BCUT2D eigenvalue weighted by Crippen LogP contribution is 2.31. The fraction of sp³-hybridized carbons (Fsp3) is 0.304. The van der Waals surface area contributed by atoms with Gasteiger partial charge < -0.3 is 20.3 Å². The number of anilines is 1. The summed E-state index contributed by atoms with van der Waals surface area (Å²) in [6.07, 6.45) is 0.283. The smallest absolute Gasteiger partial charge is 0.326 e. The number of benzene rings is 2. The molecule has 2 amide bonds. The van der Waals surface area contributed by atoms with Crippen LogP contribution >= 0.6 is 0 Å². The number of fused-ring (bicyclic) bond motifs is 3. The standard InChI is InChI=1S/C23H25N3O3/c1-23(2,3)14-8-10-15(11-9-14)24-22(29)26-13-19-17(12-20(26)21(27)28)16-6-4-5-7-18(16)25-19/h4-11,20,25H,12-13H2,1-3H3,(H,24,29)(H,27,28). The molecular formula is C23H25N3O3. The normalized spacial score (nSPS) is 16.5. The van der Waals surface area contributed by atoms with E-state index in [0.29, 0.717) is 5.69 Å². The summed E-state index contributed by atoms with van der Waals surface area (Å²) in [6, 6.07) is 14.2. The summed E-state index contributed by atoms with van der Waals surface area (Å²) in [5.41, 5.74) is 4.67. The summed E-state index contributed by atoms with van der Waals surface area (Å²) in [4.78, 5) is 29.6. The first-order chi connectivity index (χ1) is 13.7. The number of carboxylic acid groups (broad SMARTS) is 1. The fourth-order valence-corrected chi connectivity index (χ4v) is 3.89. The number of para-hydroxylation sites is 1. The average molecular weight is 391 g/mol. The molecule has 0 saturated heterocycles. The molecule has 1 unspecified atom stereocenters. The molecule has 150 valence electrons. The fourth-order valence-electron chi connectivity index (χ4n) is 3.89. The van der Waals surface area contributed by atoms with E-state index in [0.717, 1.165) is 22.2 Å². The number of aromatic amines is 1. The van der Waals surface area contributed by atoms with Crippen molar-refractivity contribution in [2.24, 2.45) is 0 Å². The van der Waals surface area contributed by atoms with Crippen molar-refractivity contribution >= 4 is 28.6 Å². The monoisotopic (exact) mass is 391 g/mol. The number of carboxylic acids is 1. The minimum Gasteiger partial charge on any atom is -0.480 e. The molecular weight excluding hydrogens is 366 g/mol. The quantitative estimate of drug-likeness (QED) is 0.601. The van der Waals surface area contributed by atoms with E-state index in [1.165, 1.54) is 10.5 Å². The van der Waals surface area contributed by atoms with Gasteiger partial charge in [-0.05, 0) is 34.7 Å². The number of urea groups is 1. The van der Waals surface area contributed by atoms with E-state index in [9.17, 15) is 14.7 Å². The van der Waals surface area contributed by atoms with Crippen LogP contribution in [0.3, 0.4) is 0 Å². The van der Waals surface area contributed by atoms with E-state index in [1.807, 2.05) is 48.5 Å². The van der Waals surface area contributed by atoms with Gasteiger partial charge in [0.15, 0.2) is 0 Å². The van der Waals surface area contributed by atoms with E-state index < -0.39 is 18.0 Å². The molecule has 3 N–H and O–H groups in total. The molecule has 0 saturated carbocycles. The molecule has 1 aliphatic rings. The van der Waals surface area contributed by atoms with Crippen molar-refractivity contribution in [2.45, 2.75) is 45.2 Å². The second-order valence-electron chi connectivity index (χ2n) is 8.57. The number of aromatic nitrogens is 1. The lowest BCUT2D eigenvalue weighted by atomic mass is 9.87. The molecule has 0 bridgehead atoms. The molecule has 0 radical (unpaired) electrons. The van der Waals surface area contributed by atoms with Crippen LogP contribution in [0.4, 0.5) is 10.5 Å². The van der Waals surface area contributed by atoms with Crippen molar-refractivity contribution < 1.29 is 14.7 Å². The van der Waals surface area contributed by atoms with Crippen molar-refractivity contribution in [1.82, 2.24) is 9.88 Å². The lowest BCUT2D eigenvalue weighted by molar-refractivity contribution is -0.142. The lowest BCUT2D eigenvalue weighted by Gasteiger charge is -2.33. The summed E-state index contributed by atoms with van der Waals surface area (Å²) in [7, 11) is 0. The average Bonchev–Trinajstić information content (AvgIpc) is 3.04. The molecule has 0 aliphatic carbocycles. The van der Waals surface area contributed by atoms with Crippen LogP contribution in [0.15, 0.2) is 48.5 Å². The van der Waals surface area contributed by atoms with Crippen molar-refractivity contribution in [3.63, 3.8) is 0 Å². The van der Waals surface area contributed by atoms with Crippen LogP contribution in [0.1, 0.15) is 37.6 Å². The van der Waals surface area contributed by atoms with E-state index in [4.69, 9.17) is 0 Å². The number of carbonyl (C=O) groups is 2. The van der Waals surface area contributed by atoms with Crippen LogP contribution < -0.4 is 5.32 Å². The Morgan fingerprint density at radius 2 is 1.79 bits per heavy atom. The van der Waals surface area contributed by atoms with Crippen molar-refractivity contribution in [3.05, 3.63) is 65.4 Å². The van der Waals surface area contributed by atoms with Crippen molar-refractivity contribution in [1.29, 1.82) is 0 Å². The molecule has 1 atom stereocenters. The Labute approximate surface area is 169 Å². The number of nitrogens with one attached hydrogen (secondary N) is 2. The number of H-pyrrole nitrogens is 1. The first-order valence-electron chi connectivity index (χ1n) is 9.73. The molecule has 6 nitrogen and oxygen atoms in total. The Kier molecular flexibility index (Phi) is 4.57. The maximum Gasteiger partial charge on any atom is 0.326 e. The molecule has 0 fully saturated rings. The van der Waals surface area contributed by atoms with Gasteiger partial charge in [0.25, 0.3) is 0 Å². The number of nitrogens with zero attached hydrogens (tertiary/aromatic N) is 1. The van der Waals surface area contributed by atoms with Gasteiger partial charge in [-0.2, -0.15) is 0 Å². The van der Waals surface area contributed by atoms with Crippen LogP contribution in [0.25, 0.3) is 10.9 Å². The summed E-state index contributed by atoms with van der Waals surface area (Å²) in [5.74, 6) is -1.00. The third-order valence-corrected chi connectivity index (χ3v) is 5.55. The lowest BCUT2D eigenvalue weighted by Crippen LogP contribution is -2.50. The Hall–Kier alpha value is -3.28. The zero-order chi connectivity index (χ0) is 20.8. The Morgan fingerprint density at radius 1 is 1.10 bits per heavy atom. The predicted octanol–water partition coefficient (Wildman–Crippen LogP) is 4.51. The number of rotatable bonds is 2. The zero-order valence-electron chi connectivity index (χ0n) is 16.8. The molecule has 2 heterocycles. The number of aliphatic carboxylic acids is 1. The molecule has 3 aromatic rings. The van der Waals surface area contributed by atoms with Gasteiger partial charge in [0, 0.05) is 28.7 Å². The number of hydrogen-bond donors (Lipinski definition) is 3. The maximum atomic E-state index is 12.9. The van der Waals surface area contributed by atoms with E-state index in [-0.39, 0.29) is 18.4 Å². The minimum atomic E-state index is -1.00. The number of carbonyl (C=O) groups excluding carboxylic acids is 1. The van der Waals surface area contributed by atoms with Gasteiger partial charge in [-0.3, -0.25) is 0 Å². The summed E-state index contributed by atoms with van der Waals surface area (Å²) in [5, 5.41) is 13.6. The Balaban J connectivity index is 1.59. The summed E-state index contributed by atoms with van der Waals surface area (Å²) < 4.78 is 0. The SMILES string of the molecule is CC(C)(C)c1ccc(NC(=O)N2Cc3[nH]c4ccccc4c3CC2C(=O)O)cc1. The second kappa shape index (κ2) is 6.95. The Bertz CT molecular complexity index is 1080. The first kappa shape index (κ1) is 19.1. The van der Waals surface area contributed by atoms with E-state index in [2.05, 4.69) is 31.1 Å². The van der Waals surface area contributed by atoms with Crippen LogP contribution in [-0.4, -0.2) is 33.0 Å². The molecule has 0 spiro atoms. The van der Waals surface area contributed by atoms with Crippen LogP contribution in [0.2, 0.25) is 0 Å². The molecule has 29 heavy (non-hydrogen) atoms. The second-order valence-corrected chi connectivity index (χ2v) is 8.57.